The Morgan fingerprint density at radius 2 is 1.83 bits per heavy atom. The highest BCUT2D eigenvalue weighted by Gasteiger charge is 2.31. The number of halogens is 4. The summed E-state index contributed by atoms with van der Waals surface area (Å²) >= 11 is 6.17. The predicted octanol–water partition coefficient (Wildman–Crippen LogP) is 4.69. The number of alkyl halides is 3. The lowest BCUT2D eigenvalue weighted by Gasteiger charge is -2.36. The SMILES string of the molecule is CCN1CCN(c2cc3c(NCCc4cc(N)cc(C(F)(F)F)c4)nc(Cl)nc3cc2OC)CC1. The van der Waals surface area contributed by atoms with Crippen LogP contribution in [0.15, 0.2) is 30.3 Å². The first-order valence-corrected chi connectivity index (χ1v) is 11.8. The minimum Gasteiger partial charge on any atom is -0.495 e. The zero-order valence-corrected chi connectivity index (χ0v) is 20.4. The maximum atomic E-state index is 13.1. The third-order valence-corrected chi connectivity index (χ3v) is 6.35. The van der Waals surface area contributed by atoms with Gasteiger partial charge in [-0.2, -0.15) is 13.2 Å². The first-order chi connectivity index (χ1) is 16.7. The molecule has 0 atom stereocenters. The maximum absolute atomic E-state index is 13.1. The third kappa shape index (κ3) is 5.82. The molecular weight excluding hydrogens is 481 g/mol. The monoisotopic (exact) mass is 508 g/mol. The molecule has 3 N–H and O–H groups in total. The normalized spacial score (nSPS) is 15.0. The van der Waals surface area contributed by atoms with Gasteiger partial charge in [-0.3, -0.25) is 0 Å². The highest BCUT2D eigenvalue weighted by molar-refractivity contribution is 6.28. The molecule has 0 bridgehead atoms. The highest BCUT2D eigenvalue weighted by atomic mass is 35.5. The molecule has 4 rings (SSSR count). The van der Waals surface area contributed by atoms with Gasteiger partial charge in [0.15, 0.2) is 0 Å². The number of benzene rings is 2. The van der Waals surface area contributed by atoms with Crippen molar-refractivity contribution < 1.29 is 17.9 Å². The zero-order chi connectivity index (χ0) is 25.2. The molecule has 35 heavy (non-hydrogen) atoms. The average molecular weight is 509 g/mol. The summed E-state index contributed by atoms with van der Waals surface area (Å²) in [5.41, 5.74) is 7.03. The van der Waals surface area contributed by atoms with Crippen LogP contribution in [0.25, 0.3) is 10.9 Å². The smallest absolute Gasteiger partial charge is 0.416 e. The lowest BCUT2D eigenvalue weighted by Crippen LogP contribution is -2.46. The van der Waals surface area contributed by atoms with Gasteiger partial charge in [-0.25, -0.2) is 9.97 Å². The van der Waals surface area contributed by atoms with E-state index in [0.717, 1.165) is 55.9 Å². The van der Waals surface area contributed by atoms with Crippen molar-refractivity contribution in [2.45, 2.75) is 19.5 Å². The van der Waals surface area contributed by atoms with Gasteiger partial charge < -0.3 is 25.6 Å². The Hall–Kier alpha value is -2.98. The topological polar surface area (TPSA) is 79.5 Å². The van der Waals surface area contributed by atoms with Crippen molar-refractivity contribution in [1.82, 2.24) is 14.9 Å². The summed E-state index contributed by atoms with van der Waals surface area (Å²) in [5.74, 6) is 1.21. The van der Waals surface area contributed by atoms with E-state index in [2.05, 4.69) is 32.0 Å². The molecule has 2 heterocycles. The van der Waals surface area contributed by atoms with Crippen LogP contribution in [-0.4, -0.2) is 61.2 Å². The number of hydrogen-bond acceptors (Lipinski definition) is 7. The summed E-state index contributed by atoms with van der Waals surface area (Å²) in [4.78, 5) is 13.3. The Balaban J connectivity index is 1.59. The van der Waals surface area contributed by atoms with Gasteiger partial charge in [0.25, 0.3) is 0 Å². The van der Waals surface area contributed by atoms with E-state index in [0.29, 0.717) is 35.6 Å². The number of anilines is 3. The number of likely N-dealkylation sites (N-methyl/N-ethyl adjacent to an activating group) is 1. The lowest BCUT2D eigenvalue weighted by atomic mass is 10.1. The number of piperazine rings is 1. The van der Waals surface area contributed by atoms with E-state index >= 15 is 0 Å². The summed E-state index contributed by atoms with van der Waals surface area (Å²) in [7, 11) is 1.62. The molecule has 7 nitrogen and oxygen atoms in total. The number of ether oxygens (including phenoxy) is 1. The van der Waals surface area contributed by atoms with Crippen LogP contribution in [0.1, 0.15) is 18.1 Å². The minimum absolute atomic E-state index is 0.0645. The first kappa shape index (κ1) is 25.1. The van der Waals surface area contributed by atoms with Gasteiger partial charge in [-0.15, -0.1) is 0 Å². The van der Waals surface area contributed by atoms with Crippen molar-refractivity contribution >= 4 is 39.7 Å². The molecule has 1 aliphatic rings. The molecule has 188 valence electrons. The molecule has 1 saturated heterocycles. The van der Waals surface area contributed by atoms with Crippen molar-refractivity contribution in [3.63, 3.8) is 0 Å². The number of nitrogens with two attached hydrogens (primary N) is 1. The van der Waals surface area contributed by atoms with Crippen molar-refractivity contribution in [1.29, 1.82) is 0 Å². The molecule has 1 aliphatic heterocycles. The molecular formula is C24H28ClF3N6O. The van der Waals surface area contributed by atoms with Crippen LogP contribution in [0.5, 0.6) is 5.75 Å². The van der Waals surface area contributed by atoms with Crippen molar-refractivity contribution in [2.24, 2.45) is 0 Å². The van der Waals surface area contributed by atoms with E-state index in [4.69, 9.17) is 22.1 Å². The molecule has 1 fully saturated rings. The van der Waals surface area contributed by atoms with Crippen LogP contribution in [0, 0.1) is 0 Å². The van der Waals surface area contributed by atoms with Crippen LogP contribution in [0.3, 0.4) is 0 Å². The summed E-state index contributed by atoms with van der Waals surface area (Å²) in [6.07, 6.45) is -4.13. The number of methoxy groups -OCH3 is 1. The molecule has 3 aromatic rings. The number of hydrogen-bond donors (Lipinski definition) is 2. The zero-order valence-electron chi connectivity index (χ0n) is 19.6. The molecule has 0 saturated carbocycles. The molecule has 1 aromatic heterocycles. The summed E-state index contributed by atoms with van der Waals surface area (Å²) < 4.78 is 45.0. The molecule has 0 aliphatic carbocycles. The predicted molar refractivity (Wildman–Crippen MR) is 133 cm³/mol. The fourth-order valence-electron chi connectivity index (χ4n) is 4.32. The van der Waals surface area contributed by atoms with Gasteiger partial charge in [0.1, 0.15) is 11.6 Å². The van der Waals surface area contributed by atoms with Gasteiger partial charge in [0.05, 0.1) is 23.9 Å². The summed E-state index contributed by atoms with van der Waals surface area (Å²) in [6.45, 7) is 7.15. The van der Waals surface area contributed by atoms with Crippen molar-refractivity contribution in [3.8, 4) is 5.75 Å². The van der Waals surface area contributed by atoms with Gasteiger partial charge in [0, 0.05) is 49.9 Å². The van der Waals surface area contributed by atoms with Crippen molar-refractivity contribution in [3.05, 3.63) is 46.7 Å². The second kappa shape index (κ2) is 10.3. The van der Waals surface area contributed by atoms with E-state index in [1.165, 1.54) is 0 Å². The maximum Gasteiger partial charge on any atom is 0.416 e. The number of aromatic nitrogens is 2. The summed E-state index contributed by atoms with van der Waals surface area (Å²) in [6, 6.07) is 7.41. The number of nitrogen functional groups attached to an aromatic ring is 1. The Labute approximate surface area is 207 Å². The van der Waals surface area contributed by atoms with Crippen LogP contribution in [0.4, 0.5) is 30.4 Å². The molecule has 0 radical (unpaired) electrons. The van der Waals surface area contributed by atoms with Crippen molar-refractivity contribution in [2.75, 3.05) is 62.3 Å². The van der Waals surface area contributed by atoms with Gasteiger partial charge >= 0.3 is 6.18 Å². The fourth-order valence-corrected chi connectivity index (χ4v) is 4.49. The average Bonchev–Trinajstić information content (AvgIpc) is 2.82. The summed E-state index contributed by atoms with van der Waals surface area (Å²) in [5, 5.41) is 4.03. The number of nitrogens with one attached hydrogen (secondary N) is 1. The van der Waals surface area contributed by atoms with E-state index in [-0.39, 0.29) is 11.0 Å². The largest absolute Gasteiger partial charge is 0.495 e. The molecule has 0 unspecified atom stereocenters. The lowest BCUT2D eigenvalue weighted by molar-refractivity contribution is -0.137. The quantitative estimate of drug-likeness (QED) is 0.354. The van der Waals surface area contributed by atoms with Gasteiger partial charge in [-0.1, -0.05) is 6.92 Å². The van der Waals surface area contributed by atoms with Gasteiger partial charge in [0.2, 0.25) is 5.28 Å². The van der Waals surface area contributed by atoms with E-state index in [9.17, 15) is 13.2 Å². The first-order valence-electron chi connectivity index (χ1n) is 11.4. The van der Waals surface area contributed by atoms with E-state index in [1.807, 2.05) is 12.1 Å². The van der Waals surface area contributed by atoms with Crippen LogP contribution in [0.2, 0.25) is 5.28 Å². The Morgan fingerprint density at radius 1 is 1.09 bits per heavy atom. The Morgan fingerprint density at radius 3 is 2.49 bits per heavy atom. The van der Waals surface area contributed by atoms with Gasteiger partial charge in [-0.05, 0) is 54.4 Å². The Bertz CT molecular complexity index is 1200. The number of rotatable bonds is 7. The number of fused-ring (bicyclic) bond motifs is 1. The van der Waals surface area contributed by atoms with E-state index in [1.54, 1.807) is 13.2 Å². The second-order valence-corrected chi connectivity index (χ2v) is 8.78. The molecule has 0 spiro atoms. The van der Waals surface area contributed by atoms with E-state index < -0.39 is 11.7 Å². The van der Waals surface area contributed by atoms with Crippen LogP contribution < -0.4 is 20.7 Å². The Kier molecular flexibility index (Phi) is 7.42. The second-order valence-electron chi connectivity index (χ2n) is 8.44. The standard InChI is InChI=1S/C24H28ClF3N6O/c1-3-33-6-8-34(9-7-33)20-13-18-19(14-21(20)35-2)31-23(25)32-22(18)30-5-4-15-10-16(24(26,27)28)12-17(29)11-15/h10-14H,3-9,29H2,1-2H3,(H,30,31,32). The van der Waals surface area contributed by atoms with Crippen LogP contribution >= 0.6 is 11.6 Å². The molecule has 2 aromatic carbocycles. The minimum atomic E-state index is -4.45. The highest BCUT2D eigenvalue weighted by Crippen LogP contribution is 2.36. The molecule has 0 amide bonds. The molecule has 11 heteroatoms. The third-order valence-electron chi connectivity index (χ3n) is 6.18. The number of nitrogens with zero attached hydrogens (tertiary/aromatic N) is 4. The van der Waals surface area contributed by atoms with Crippen LogP contribution in [-0.2, 0) is 12.6 Å². The fraction of sp³-hybridized carbons (Fsp3) is 0.417.